The van der Waals surface area contributed by atoms with Crippen LogP contribution >= 0.6 is 0 Å². The lowest BCUT2D eigenvalue weighted by molar-refractivity contribution is -0.126. The van der Waals surface area contributed by atoms with Crippen LogP contribution in [0.2, 0.25) is 0 Å². The van der Waals surface area contributed by atoms with Crippen LogP contribution in [0.3, 0.4) is 0 Å². The molecule has 3 nitrogen and oxygen atoms in total. The molecule has 2 rings (SSSR count). The van der Waals surface area contributed by atoms with Crippen LogP contribution in [0.15, 0.2) is 18.2 Å². The Hall–Kier alpha value is -1.42. The molecular weight excluding hydrogens is 243 g/mol. The highest BCUT2D eigenvalue weighted by Crippen LogP contribution is 2.36. The largest absolute Gasteiger partial charge is 0.329 e. The van der Waals surface area contributed by atoms with Crippen molar-refractivity contribution in [2.45, 2.75) is 39.0 Å². The molecular formula is C15H21FN2O. The Balaban J connectivity index is 2.20. The van der Waals surface area contributed by atoms with Crippen molar-refractivity contribution < 1.29 is 9.18 Å². The first-order valence-corrected chi connectivity index (χ1v) is 6.86. The molecule has 0 heterocycles. The number of benzene rings is 1. The predicted octanol–water partition coefficient (Wildman–Crippen LogP) is 2.98. The SMILES string of the molecule is Cc1cccc(F)c1NC(=O)C1(CN)CCCCC1. The fourth-order valence-corrected chi connectivity index (χ4v) is 2.79. The maximum Gasteiger partial charge on any atom is 0.231 e. The number of aryl methyl sites for hydroxylation is 1. The molecule has 19 heavy (non-hydrogen) atoms. The fraction of sp³-hybridized carbons (Fsp3) is 0.533. The summed E-state index contributed by atoms with van der Waals surface area (Å²) in [4.78, 5) is 12.5. The normalized spacial score (nSPS) is 18.1. The summed E-state index contributed by atoms with van der Waals surface area (Å²) in [6.45, 7) is 2.11. The number of carbonyl (C=O) groups excluding carboxylic acids is 1. The van der Waals surface area contributed by atoms with Crippen LogP contribution in [0.25, 0.3) is 0 Å². The van der Waals surface area contributed by atoms with Crippen LogP contribution in [-0.2, 0) is 4.79 Å². The van der Waals surface area contributed by atoms with Gasteiger partial charge in [-0.05, 0) is 31.4 Å². The van der Waals surface area contributed by atoms with Crippen LogP contribution in [-0.4, -0.2) is 12.5 Å². The molecule has 4 heteroatoms. The Morgan fingerprint density at radius 2 is 2.05 bits per heavy atom. The number of para-hydroxylation sites is 1. The maximum absolute atomic E-state index is 13.8. The van der Waals surface area contributed by atoms with Crippen LogP contribution in [0.4, 0.5) is 10.1 Å². The third-order valence-electron chi connectivity index (χ3n) is 4.14. The number of amides is 1. The van der Waals surface area contributed by atoms with E-state index in [1.54, 1.807) is 19.1 Å². The van der Waals surface area contributed by atoms with Crippen LogP contribution < -0.4 is 11.1 Å². The first-order chi connectivity index (χ1) is 9.09. The summed E-state index contributed by atoms with van der Waals surface area (Å²) in [6, 6.07) is 4.78. The van der Waals surface area contributed by atoms with Crippen molar-refractivity contribution in [3.63, 3.8) is 0 Å². The number of halogens is 1. The van der Waals surface area contributed by atoms with E-state index >= 15 is 0 Å². The lowest BCUT2D eigenvalue weighted by Gasteiger charge is -2.34. The van der Waals surface area contributed by atoms with Gasteiger partial charge in [-0.2, -0.15) is 0 Å². The van der Waals surface area contributed by atoms with Crippen molar-refractivity contribution in [3.8, 4) is 0 Å². The Bertz CT molecular complexity index is 447. The van der Waals surface area contributed by atoms with E-state index in [1.165, 1.54) is 6.07 Å². The summed E-state index contributed by atoms with van der Waals surface area (Å²) in [7, 11) is 0. The molecule has 1 saturated carbocycles. The second-order valence-electron chi connectivity index (χ2n) is 5.43. The second-order valence-corrected chi connectivity index (χ2v) is 5.43. The third kappa shape index (κ3) is 2.78. The van der Waals surface area contributed by atoms with E-state index in [0.717, 1.165) is 37.7 Å². The van der Waals surface area contributed by atoms with Gasteiger partial charge < -0.3 is 11.1 Å². The average Bonchev–Trinajstić information content (AvgIpc) is 2.43. The first-order valence-electron chi connectivity index (χ1n) is 6.86. The van der Waals surface area contributed by atoms with Crippen molar-refractivity contribution >= 4 is 11.6 Å². The van der Waals surface area contributed by atoms with E-state index in [-0.39, 0.29) is 11.6 Å². The number of nitrogens with one attached hydrogen (secondary N) is 1. The molecule has 1 aromatic rings. The van der Waals surface area contributed by atoms with Gasteiger partial charge in [-0.1, -0.05) is 31.4 Å². The van der Waals surface area contributed by atoms with Gasteiger partial charge in [0, 0.05) is 6.54 Å². The molecule has 1 aliphatic carbocycles. The second kappa shape index (κ2) is 5.70. The molecule has 1 aromatic carbocycles. The van der Waals surface area contributed by atoms with Crippen molar-refractivity contribution in [1.82, 2.24) is 0 Å². The van der Waals surface area contributed by atoms with Gasteiger partial charge >= 0.3 is 0 Å². The summed E-state index contributed by atoms with van der Waals surface area (Å²) >= 11 is 0. The maximum atomic E-state index is 13.8. The monoisotopic (exact) mass is 264 g/mol. The van der Waals surface area contributed by atoms with Crippen LogP contribution in [0.1, 0.15) is 37.7 Å². The molecule has 3 N–H and O–H groups in total. The predicted molar refractivity (Wildman–Crippen MR) is 74.3 cm³/mol. The van der Waals surface area contributed by atoms with E-state index in [9.17, 15) is 9.18 Å². The van der Waals surface area contributed by atoms with Gasteiger partial charge in [0.05, 0.1) is 11.1 Å². The van der Waals surface area contributed by atoms with Gasteiger partial charge in [-0.25, -0.2) is 4.39 Å². The fourth-order valence-electron chi connectivity index (χ4n) is 2.79. The molecule has 0 unspecified atom stereocenters. The minimum absolute atomic E-state index is 0.136. The third-order valence-corrected chi connectivity index (χ3v) is 4.14. The summed E-state index contributed by atoms with van der Waals surface area (Å²) in [5.74, 6) is -0.528. The number of hydrogen-bond donors (Lipinski definition) is 2. The molecule has 0 aromatic heterocycles. The highest BCUT2D eigenvalue weighted by molar-refractivity contribution is 5.96. The quantitative estimate of drug-likeness (QED) is 0.881. The van der Waals surface area contributed by atoms with Crippen molar-refractivity contribution in [3.05, 3.63) is 29.6 Å². The van der Waals surface area contributed by atoms with E-state index in [0.29, 0.717) is 6.54 Å². The standard InChI is InChI=1S/C15H21FN2O/c1-11-6-5-7-12(16)13(11)18-14(19)15(10-17)8-3-2-4-9-15/h5-7H,2-4,8-10,17H2,1H3,(H,18,19). The zero-order chi connectivity index (χ0) is 13.9. The summed E-state index contributed by atoms with van der Waals surface area (Å²) in [5.41, 5.74) is 6.31. The number of rotatable bonds is 3. The molecule has 1 amide bonds. The topological polar surface area (TPSA) is 55.1 Å². The van der Waals surface area contributed by atoms with Crippen LogP contribution in [0.5, 0.6) is 0 Å². The van der Waals surface area contributed by atoms with E-state index < -0.39 is 11.2 Å². The Morgan fingerprint density at radius 1 is 1.37 bits per heavy atom. The molecule has 0 aliphatic heterocycles. The summed E-state index contributed by atoms with van der Waals surface area (Å²) in [6.07, 6.45) is 4.77. The van der Waals surface area contributed by atoms with Gasteiger partial charge in [0.25, 0.3) is 0 Å². The zero-order valence-electron chi connectivity index (χ0n) is 11.3. The van der Waals surface area contributed by atoms with Crippen LogP contribution in [0, 0.1) is 18.2 Å². The molecule has 0 saturated heterocycles. The minimum atomic E-state index is -0.521. The van der Waals surface area contributed by atoms with Gasteiger partial charge in [0.1, 0.15) is 5.82 Å². The molecule has 104 valence electrons. The zero-order valence-corrected chi connectivity index (χ0v) is 11.3. The average molecular weight is 264 g/mol. The summed E-state index contributed by atoms with van der Waals surface area (Å²) in [5, 5.41) is 2.75. The van der Waals surface area contributed by atoms with E-state index in [1.807, 2.05) is 0 Å². The van der Waals surface area contributed by atoms with E-state index in [2.05, 4.69) is 5.32 Å². The number of anilines is 1. The van der Waals surface area contributed by atoms with Crippen molar-refractivity contribution in [2.75, 3.05) is 11.9 Å². The van der Waals surface area contributed by atoms with Gasteiger partial charge in [0.2, 0.25) is 5.91 Å². The lowest BCUT2D eigenvalue weighted by atomic mass is 9.73. The molecule has 1 aliphatic rings. The lowest BCUT2D eigenvalue weighted by Crippen LogP contribution is -2.44. The highest BCUT2D eigenvalue weighted by Gasteiger charge is 2.38. The summed E-state index contributed by atoms with van der Waals surface area (Å²) < 4.78 is 13.8. The minimum Gasteiger partial charge on any atom is -0.329 e. The van der Waals surface area contributed by atoms with Gasteiger partial charge in [-0.15, -0.1) is 0 Å². The highest BCUT2D eigenvalue weighted by atomic mass is 19.1. The molecule has 0 radical (unpaired) electrons. The Kier molecular flexibility index (Phi) is 4.20. The number of nitrogens with two attached hydrogens (primary N) is 1. The van der Waals surface area contributed by atoms with Crippen molar-refractivity contribution in [2.24, 2.45) is 11.1 Å². The molecule has 0 bridgehead atoms. The first kappa shape index (κ1) is 14.0. The van der Waals surface area contributed by atoms with Gasteiger partial charge in [0.15, 0.2) is 0 Å². The van der Waals surface area contributed by atoms with Crippen molar-refractivity contribution in [1.29, 1.82) is 0 Å². The molecule has 0 spiro atoms. The molecule has 0 atom stereocenters. The number of hydrogen-bond acceptors (Lipinski definition) is 2. The van der Waals surface area contributed by atoms with Gasteiger partial charge in [-0.3, -0.25) is 4.79 Å². The smallest absolute Gasteiger partial charge is 0.231 e. The Labute approximate surface area is 113 Å². The Morgan fingerprint density at radius 3 is 2.63 bits per heavy atom. The van der Waals surface area contributed by atoms with E-state index in [4.69, 9.17) is 5.73 Å². The number of carbonyl (C=O) groups is 1. The molecule has 1 fully saturated rings.